The number of rotatable bonds is 6. The molecule has 37 heavy (non-hydrogen) atoms. The van der Waals surface area contributed by atoms with Gasteiger partial charge < -0.3 is 24.4 Å². The normalized spacial score (nSPS) is 32.1. The van der Waals surface area contributed by atoms with E-state index < -0.39 is 35.6 Å². The van der Waals surface area contributed by atoms with Crippen molar-refractivity contribution in [1.82, 2.24) is 4.90 Å². The monoisotopic (exact) mass is 528 g/mol. The molecule has 0 radical (unpaired) electrons. The van der Waals surface area contributed by atoms with Gasteiger partial charge >= 0.3 is 5.97 Å². The SMILES string of the molecule is Cc1cccc(Cl)c1N1CC=C[C@]23O[C@@H]4/C=C\CCCOC(=O)[C@@H]4[C@H]2C(=O)N(CCCCCO)C3C1=O. The summed E-state index contributed by atoms with van der Waals surface area (Å²) >= 11 is 6.56. The number of aliphatic hydroxyl groups is 1. The fraction of sp³-hybridized carbons (Fsp3) is 0.536. The summed E-state index contributed by atoms with van der Waals surface area (Å²) in [6.07, 6.45) is 10.2. The summed E-state index contributed by atoms with van der Waals surface area (Å²) in [6, 6.07) is 4.52. The van der Waals surface area contributed by atoms with E-state index in [4.69, 9.17) is 21.1 Å². The number of para-hydroxylation sites is 1. The molecule has 1 unspecified atom stereocenters. The molecule has 5 rings (SSSR count). The minimum absolute atomic E-state index is 0.0657. The molecule has 4 aliphatic heterocycles. The lowest BCUT2D eigenvalue weighted by Crippen LogP contribution is -2.55. The van der Waals surface area contributed by atoms with Crippen molar-refractivity contribution in [2.75, 3.05) is 31.2 Å². The fourth-order valence-electron chi connectivity index (χ4n) is 6.23. The number of ether oxygens (including phenoxy) is 2. The second kappa shape index (κ2) is 10.6. The third kappa shape index (κ3) is 4.39. The van der Waals surface area contributed by atoms with Crippen LogP contribution in [0.25, 0.3) is 0 Å². The number of benzene rings is 1. The van der Waals surface area contributed by atoms with Crippen molar-refractivity contribution in [1.29, 1.82) is 0 Å². The lowest BCUT2D eigenvalue weighted by atomic mass is 9.78. The number of carbonyl (C=O) groups is 3. The Hall–Kier alpha value is -2.68. The number of hydrogen-bond donors (Lipinski definition) is 1. The van der Waals surface area contributed by atoms with Crippen LogP contribution in [0.2, 0.25) is 5.02 Å². The van der Waals surface area contributed by atoms with Crippen LogP contribution < -0.4 is 4.90 Å². The Morgan fingerprint density at radius 1 is 1.14 bits per heavy atom. The minimum Gasteiger partial charge on any atom is -0.465 e. The number of unbranched alkanes of at least 4 members (excludes halogenated alkanes) is 2. The molecule has 2 saturated heterocycles. The molecule has 5 atom stereocenters. The van der Waals surface area contributed by atoms with E-state index in [1.165, 1.54) is 0 Å². The Kier molecular flexibility index (Phi) is 7.43. The second-order valence-corrected chi connectivity index (χ2v) is 10.6. The molecule has 1 N–H and O–H groups in total. The van der Waals surface area contributed by atoms with E-state index in [-0.39, 0.29) is 31.6 Å². The summed E-state index contributed by atoms with van der Waals surface area (Å²) in [6.45, 7) is 2.83. The van der Waals surface area contributed by atoms with Gasteiger partial charge in [-0.05, 0) is 50.7 Å². The number of allylic oxidation sites excluding steroid dienone is 1. The highest BCUT2D eigenvalue weighted by atomic mass is 35.5. The Morgan fingerprint density at radius 3 is 2.76 bits per heavy atom. The predicted molar refractivity (Wildman–Crippen MR) is 138 cm³/mol. The minimum atomic E-state index is -1.30. The van der Waals surface area contributed by atoms with Gasteiger partial charge in [-0.25, -0.2) is 0 Å². The number of halogens is 1. The molecule has 198 valence electrons. The molecule has 2 fully saturated rings. The van der Waals surface area contributed by atoms with Crippen LogP contribution in [0.15, 0.2) is 42.5 Å². The van der Waals surface area contributed by atoms with Gasteiger partial charge in [-0.3, -0.25) is 14.4 Å². The lowest BCUT2D eigenvalue weighted by molar-refractivity contribution is -0.154. The molecule has 4 heterocycles. The molecule has 0 bridgehead atoms. The van der Waals surface area contributed by atoms with Gasteiger partial charge in [-0.1, -0.05) is 48.0 Å². The first-order valence-electron chi connectivity index (χ1n) is 13.1. The average Bonchev–Trinajstić information content (AvgIpc) is 3.28. The van der Waals surface area contributed by atoms with E-state index in [0.29, 0.717) is 42.9 Å². The maximum atomic E-state index is 14.4. The summed E-state index contributed by atoms with van der Waals surface area (Å²) in [7, 11) is 0. The zero-order valence-corrected chi connectivity index (χ0v) is 21.7. The maximum absolute atomic E-state index is 14.4. The highest BCUT2D eigenvalue weighted by Crippen LogP contribution is 2.53. The Balaban J connectivity index is 1.59. The number of anilines is 1. The first-order chi connectivity index (χ1) is 17.9. The van der Waals surface area contributed by atoms with Gasteiger partial charge in [0.15, 0.2) is 0 Å². The summed E-state index contributed by atoms with van der Waals surface area (Å²) in [5, 5.41) is 9.66. The van der Waals surface area contributed by atoms with Gasteiger partial charge in [0.1, 0.15) is 17.6 Å². The third-order valence-corrected chi connectivity index (χ3v) is 8.17. The fourth-order valence-corrected chi connectivity index (χ4v) is 6.55. The molecular formula is C28H33ClN2O6. The van der Waals surface area contributed by atoms with Crippen molar-refractivity contribution < 1.29 is 29.0 Å². The quantitative estimate of drug-likeness (QED) is 0.346. The number of aliphatic hydroxyl groups excluding tert-OH is 1. The molecular weight excluding hydrogens is 496 g/mol. The number of amides is 2. The number of esters is 1. The molecule has 0 aromatic heterocycles. The molecule has 4 aliphatic rings. The summed E-state index contributed by atoms with van der Waals surface area (Å²) < 4.78 is 12.2. The molecule has 8 nitrogen and oxygen atoms in total. The number of aryl methyl sites for hydroxylation is 1. The molecule has 0 aliphatic carbocycles. The lowest BCUT2D eigenvalue weighted by Gasteiger charge is -2.36. The van der Waals surface area contributed by atoms with E-state index in [1.54, 1.807) is 15.9 Å². The zero-order chi connectivity index (χ0) is 26.2. The summed E-state index contributed by atoms with van der Waals surface area (Å²) in [5.41, 5.74) is 0.150. The molecule has 9 heteroatoms. The van der Waals surface area contributed by atoms with Crippen LogP contribution in [0.5, 0.6) is 0 Å². The van der Waals surface area contributed by atoms with Crippen LogP contribution >= 0.6 is 11.6 Å². The topological polar surface area (TPSA) is 96.4 Å². The van der Waals surface area contributed by atoms with Gasteiger partial charge in [-0.2, -0.15) is 0 Å². The highest BCUT2D eigenvalue weighted by Gasteiger charge is 2.71. The first-order valence-corrected chi connectivity index (χ1v) is 13.4. The van der Waals surface area contributed by atoms with Crippen LogP contribution in [0, 0.1) is 18.8 Å². The molecule has 0 saturated carbocycles. The van der Waals surface area contributed by atoms with Crippen LogP contribution in [0.1, 0.15) is 37.7 Å². The van der Waals surface area contributed by atoms with Gasteiger partial charge in [0.05, 0.1) is 29.3 Å². The number of cyclic esters (lactones) is 1. The largest absolute Gasteiger partial charge is 0.465 e. The number of carbonyl (C=O) groups excluding carboxylic acids is 3. The number of fused-ring (bicyclic) bond motifs is 2. The molecule has 1 spiro atoms. The van der Waals surface area contributed by atoms with Crippen molar-refractivity contribution in [2.45, 2.75) is 56.8 Å². The van der Waals surface area contributed by atoms with E-state index in [9.17, 15) is 19.5 Å². The van der Waals surface area contributed by atoms with Crippen LogP contribution in [0.4, 0.5) is 5.69 Å². The zero-order valence-electron chi connectivity index (χ0n) is 21.0. The van der Waals surface area contributed by atoms with Gasteiger partial charge in [-0.15, -0.1) is 0 Å². The molecule has 1 aromatic carbocycles. The second-order valence-electron chi connectivity index (χ2n) is 10.2. The maximum Gasteiger partial charge on any atom is 0.312 e. The van der Waals surface area contributed by atoms with Crippen LogP contribution in [0.3, 0.4) is 0 Å². The van der Waals surface area contributed by atoms with Crippen molar-refractivity contribution in [3.63, 3.8) is 0 Å². The van der Waals surface area contributed by atoms with Gasteiger partial charge in [0.25, 0.3) is 5.91 Å². The van der Waals surface area contributed by atoms with E-state index in [1.807, 2.05) is 43.4 Å². The Labute approximate surface area is 221 Å². The smallest absolute Gasteiger partial charge is 0.312 e. The van der Waals surface area contributed by atoms with Crippen LogP contribution in [-0.2, 0) is 23.9 Å². The van der Waals surface area contributed by atoms with Gasteiger partial charge in [0.2, 0.25) is 5.91 Å². The van der Waals surface area contributed by atoms with Crippen molar-refractivity contribution in [3.05, 3.63) is 53.1 Å². The number of hydrogen-bond acceptors (Lipinski definition) is 6. The Morgan fingerprint density at radius 2 is 1.97 bits per heavy atom. The van der Waals surface area contributed by atoms with E-state index >= 15 is 0 Å². The third-order valence-electron chi connectivity index (χ3n) is 7.87. The van der Waals surface area contributed by atoms with Crippen molar-refractivity contribution >= 4 is 35.1 Å². The molecule has 2 amide bonds. The highest BCUT2D eigenvalue weighted by molar-refractivity contribution is 6.34. The number of likely N-dealkylation sites (tertiary alicyclic amines) is 1. The predicted octanol–water partition coefficient (Wildman–Crippen LogP) is 3.19. The average molecular weight is 529 g/mol. The van der Waals surface area contributed by atoms with Crippen molar-refractivity contribution in [2.24, 2.45) is 11.8 Å². The van der Waals surface area contributed by atoms with Crippen LogP contribution in [-0.4, -0.2) is 71.8 Å². The summed E-state index contributed by atoms with van der Waals surface area (Å²) in [4.78, 5) is 44.9. The first kappa shape index (κ1) is 25.9. The van der Waals surface area contributed by atoms with Gasteiger partial charge in [0, 0.05) is 19.7 Å². The van der Waals surface area contributed by atoms with Crippen molar-refractivity contribution in [3.8, 4) is 0 Å². The number of nitrogens with zero attached hydrogens (tertiary/aromatic N) is 2. The molecule has 1 aromatic rings. The Bertz CT molecular complexity index is 1120. The standard InChI is InChI=1S/C28H33ClN2O6/c1-18-10-8-11-19(29)23(18)30-15-9-13-28-22(21-20(37-28)12-4-2-7-17-36-27(21)35)25(33)31(24(28)26(30)34)14-5-3-6-16-32/h4,8-13,20-22,24,32H,2-3,5-7,14-17H2,1H3/b12-4-/t20-,21+,22+,24?,28+/m1/s1. The van der Waals surface area contributed by atoms with E-state index in [2.05, 4.69) is 0 Å². The van der Waals surface area contributed by atoms with E-state index in [0.717, 1.165) is 12.0 Å². The summed E-state index contributed by atoms with van der Waals surface area (Å²) in [5.74, 6) is -2.73.